The fourth-order valence-electron chi connectivity index (χ4n) is 2.37. The molecule has 2 N–H and O–H groups in total. The predicted molar refractivity (Wildman–Crippen MR) is 76.7 cm³/mol. The number of hydrogen-bond donors (Lipinski definition) is 1. The van der Waals surface area contributed by atoms with E-state index in [4.69, 9.17) is 10.5 Å². The first-order chi connectivity index (χ1) is 9.20. The minimum Gasteiger partial charge on any atom is -0.491 e. The maximum Gasteiger partial charge on any atom is 0.142 e. The van der Waals surface area contributed by atoms with Crippen LogP contribution in [0.25, 0.3) is 0 Å². The fraction of sp³-hybridized carbons (Fsp3) is 0.600. The van der Waals surface area contributed by atoms with Gasteiger partial charge in [-0.3, -0.25) is 4.39 Å². The van der Waals surface area contributed by atoms with Crippen molar-refractivity contribution in [2.45, 2.75) is 32.2 Å². The second kappa shape index (κ2) is 6.75. The highest BCUT2D eigenvalue weighted by atomic mass is 19.1. The van der Waals surface area contributed by atoms with E-state index in [0.29, 0.717) is 19.1 Å². The first-order valence-electron chi connectivity index (χ1n) is 7.00. The lowest BCUT2D eigenvalue weighted by Gasteiger charge is -2.33. The topological polar surface area (TPSA) is 38.5 Å². The van der Waals surface area contributed by atoms with Gasteiger partial charge in [-0.1, -0.05) is 6.07 Å². The maximum absolute atomic E-state index is 12.2. The fourth-order valence-corrected chi connectivity index (χ4v) is 2.37. The van der Waals surface area contributed by atoms with Crippen molar-refractivity contribution in [3.63, 3.8) is 0 Å². The zero-order valence-electron chi connectivity index (χ0n) is 11.6. The van der Waals surface area contributed by atoms with Crippen molar-refractivity contribution in [2.75, 3.05) is 31.3 Å². The molecule has 1 fully saturated rings. The zero-order chi connectivity index (χ0) is 13.7. The van der Waals surface area contributed by atoms with E-state index in [0.717, 1.165) is 37.4 Å². The molecule has 1 saturated heterocycles. The number of anilines is 1. The van der Waals surface area contributed by atoms with Gasteiger partial charge in [0.2, 0.25) is 0 Å². The van der Waals surface area contributed by atoms with Crippen LogP contribution in [0.5, 0.6) is 5.75 Å². The van der Waals surface area contributed by atoms with Crippen LogP contribution in [0.15, 0.2) is 18.2 Å². The van der Waals surface area contributed by atoms with Crippen LogP contribution in [0.3, 0.4) is 0 Å². The minimum absolute atomic E-state index is 0.317. The van der Waals surface area contributed by atoms with E-state index < -0.39 is 0 Å². The van der Waals surface area contributed by atoms with Crippen LogP contribution < -0.4 is 15.4 Å². The summed E-state index contributed by atoms with van der Waals surface area (Å²) < 4.78 is 17.9. The number of nitrogens with two attached hydrogens (primary N) is 1. The molecule has 1 aliphatic rings. The Morgan fingerprint density at radius 3 is 2.79 bits per heavy atom. The molecule has 1 heterocycles. The van der Waals surface area contributed by atoms with E-state index in [1.54, 1.807) is 0 Å². The first kappa shape index (κ1) is 14.1. The van der Waals surface area contributed by atoms with E-state index >= 15 is 0 Å². The Bertz CT molecular complexity index is 403. The summed E-state index contributed by atoms with van der Waals surface area (Å²) in [6.45, 7) is 4.10. The lowest BCUT2D eigenvalue weighted by molar-refractivity contribution is 0.289. The Balaban J connectivity index is 2.10. The summed E-state index contributed by atoms with van der Waals surface area (Å²) in [6.07, 6.45) is 2.47. The van der Waals surface area contributed by atoms with Crippen LogP contribution >= 0.6 is 0 Å². The number of halogens is 1. The molecule has 1 aromatic rings. The second-order valence-corrected chi connectivity index (χ2v) is 5.19. The maximum atomic E-state index is 12.2. The average molecular weight is 266 g/mol. The zero-order valence-corrected chi connectivity index (χ0v) is 11.6. The van der Waals surface area contributed by atoms with E-state index in [9.17, 15) is 4.39 Å². The van der Waals surface area contributed by atoms with Gasteiger partial charge in [0.1, 0.15) is 5.75 Å². The van der Waals surface area contributed by atoms with E-state index in [-0.39, 0.29) is 6.67 Å². The number of hydrogen-bond acceptors (Lipinski definition) is 3. The SMILES string of the molecule is Cc1ccc(OCCCF)c(N2CCC(N)CC2)c1. The van der Waals surface area contributed by atoms with Crippen LogP contribution in [0.1, 0.15) is 24.8 Å². The Kier molecular flexibility index (Phi) is 5.02. The summed E-state index contributed by atoms with van der Waals surface area (Å²) >= 11 is 0. The summed E-state index contributed by atoms with van der Waals surface area (Å²) in [5.74, 6) is 0.856. The summed E-state index contributed by atoms with van der Waals surface area (Å²) in [7, 11) is 0. The highest BCUT2D eigenvalue weighted by Crippen LogP contribution is 2.31. The molecule has 0 amide bonds. The van der Waals surface area contributed by atoms with Gasteiger partial charge in [0.05, 0.1) is 19.0 Å². The lowest BCUT2D eigenvalue weighted by Crippen LogP contribution is -2.39. The third-order valence-corrected chi connectivity index (χ3v) is 3.53. The lowest BCUT2D eigenvalue weighted by atomic mass is 10.0. The molecule has 1 aromatic carbocycles. The Hall–Kier alpha value is -1.29. The normalized spacial score (nSPS) is 16.7. The molecule has 2 rings (SSSR count). The van der Waals surface area contributed by atoms with Crippen molar-refractivity contribution in [3.05, 3.63) is 23.8 Å². The standard InChI is InChI=1S/C15H23FN2O/c1-12-3-4-15(19-10-2-7-16)14(11-12)18-8-5-13(17)6-9-18/h3-4,11,13H,2,5-10,17H2,1H3. The molecule has 0 aliphatic carbocycles. The van der Waals surface area contributed by atoms with Gasteiger partial charge in [-0.25, -0.2) is 0 Å². The van der Waals surface area contributed by atoms with E-state index in [1.807, 2.05) is 12.1 Å². The van der Waals surface area contributed by atoms with Crippen molar-refractivity contribution in [1.29, 1.82) is 0 Å². The average Bonchev–Trinajstić information content (AvgIpc) is 2.41. The summed E-state index contributed by atoms with van der Waals surface area (Å²) in [5, 5.41) is 0. The molecule has 4 heteroatoms. The van der Waals surface area contributed by atoms with Gasteiger partial charge < -0.3 is 15.4 Å². The number of benzene rings is 1. The third-order valence-electron chi connectivity index (χ3n) is 3.53. The molecule has 0 bridgehead atoms. The smallest absolute Gasteiger partial charge is 0.142 e. The van der Waals surface area contributed by atoms with Gasteiger partial charge in [-0.2, -0.15) is 0 Å². The van der Waals surface area contributed by atoms with E-state index in [2.05, 4.69) is 17.9 Å². The number of rotatable bonds is 5. The Labute approximate surface area is 114 Å². The molecule has 0 spiro atoms. The van der Waals surface area contributed by atoms with Gasteiger partial charge in [0.15, 0.2) is 0 Å². The number of piperidine rings is 1. The van der Waals surface area contributed by atoms with Crippen LogP contribution in [0.4, 0.5) is 10.1 Å². The predicted octanol–water partition coefficient (Wildman–Crippen LogP) is 2.66. The molecule has 0 atom stereocenters. The van der Waals surface area contributed by atoms with Gasteiger partial charge in [0.25, 0.3) is 0 Å². The Morgan fingerprint density at radius 1 is 1.37 bits per heavy atom. The second-order valence-electron chi connectivity index (χ2n) is 5.19. The quantitative estimate of drug-likeness (QED) is 0.833. The van der Waals surface area contributed by atoms with Crippen molar-refractivity contribution >= 4 is 5.69 Å². The molecule has 3 nitrogen and oxygen atoms in total. The van der Waals surface area contributed by atoms with Crippen molar-refractivity contribution < 1.29 is 9.13 Å². The van der Waals surface area contributed by atoms with Crippen LogP contribution in [-0.4, -0.2) is 32.4 Å². The first-order valence-corrected chi connectivity index (χ1v) is 7.00. The number of aryl methyl sites for hydroxylation is 1. The van der Waals surface area contributed by atoms with Gasteiger partial charge in [-0.15, -0.1) is 0 Å². The molecule has 106 valence electrons. The minimum atomic E-state index is -0.334. The third kappa shape index (κ3) is 3.83. The number of alkyl halides is 1. The van der Waals surface area contributed by atoms with Crippen molar-refractivity contribution in [3.8, 4) is 5.75 Å². The summed E-state index contributed by atoms with van der Waals surface area (Å²) in [6, 6.07) is 6.47. The van der Waals surface area contributed by atoms with Gasteiger partial charge >= 0.3 is 0 Å². The molecule has 0 saturated carbocycles. The van der Waals surface area contributed by atoms with Gasteiger partial charge in [0, 0.05) is 25.6 Å². The highest BCUT2D eigenvalue weighted by molar-refractivity contribution is 5.60. The monoisotopic (exact) mass is 266 g/mol. The van der Waals surface area contributed by atoms with Crippen LogP contribution in [0.2, 0.25) is 0 Å². The Morgan fingerprint density at radius 2 is 2.11 bits per heavy atom. The molecular weight excluding hydrogens is 243 g/mol. The molecule has 1 aliphatic heterocycles. The number of ether oxygens (including phenoxy) is 1. The van der Waals surface area contributed by atoms with Crippen molar-refractivity contribution in [2.24, 2.45) is 5.73 Å². The number of nitrogens with zero attached hydrogens (tertiary/aromatic N) is 1. The van der Waals surface area contributed by atoms with Crippen LogP contribution in [-0.2, 0) is 0 Å². The van der Waals surface area contributed by atoms with Gasteiger partial charge in [-0.05, 0) is 37.5 Å². The molecule has 19 heavy (non-hydrogen) atoms. The molecule has 0 radical (unpaired) electrons. The molecule has 0 unspecified atom stereocenters. The molecule has 0 aromatic heterocycles. The molecular formula is C15H23FN2O. The van der Waals surface area contributed by atoms with E-state index in [1.165, 1.54) is 5.56 Å². The van der Waals surface area contributed by atoms with Crippen molar-refractivity contribution in [1.82, 2.24) is 0 Å². The van der Waals surface area contributed by atoms with Crippen LogP contribution in [0, 0.1) is 6.92 Å². The largest absolute Gasteiger partial charge is 0.491 e. The summed E-state index contributed by atoms with van der Waals surface area (Å²) in [4.78, 5) is 2.32. The highest BCUT2D eigenvalue weighted by Gasteiger charge is 2.19. The summed E-state index contributed by atoms with van der Waals surface area (Å²) in [5.41, 5.74) is 8.27.